The largest absolute Gasteiger partial charge is 0.264 e. The minimum Gasteiger partial charge on any atom is -0.264 e. The molecule has 0 bridgehead atoms. The Morgan fingerprint density at radius 1 is 1.58 bits per heavy atom. The van der Waals surface area contributed by atoms with Crippen LogP contribution in [0.1, 0.15) is 19.4 Å². The van der Waals surface area contributed by atoms with Crippen LogP contribution < -0.4 is 0 Å². The van der Waals surface area contributed by atoms with Crippen molar-refractivity contribution in [1.82, 2.24) is 4.98 Å². The van der Waals surface area contributed by atoms with Crippen molar-refractivity contribution < 1.29 is 0 Å². The van der Waals surface area contributed by atoms with E-state index in [4.69, 9.17) is 0 Å². The van der Waals surface area contributed by atoms with E-state index in [1.54, 1.807) is 6.20 Å². The summed E-state index contributed by atoms with van der Waals surface area (Å²) in [4.78, 5) is 4.05. The molecule has 0 aliphatic heterocycles. The molecule has 0 unspecified atom stereocenters. The zero-order valence-corrected chi connectivity index (χ0v) is 7.54. The van der Waals surface area contributed by atoms with Crippen LogP contribution in [0, 0.1) is 5.92 Å². The van der Waals surface area contributed by atoms with Crippen molar-refractivity contribution in [3.63, 3.8) is 0 Å². The van der Waals surface area contributed by atoms with Crippen LogP contribution in [-0.4, -0.2) is 4.98 Å². The number of hydrogen-bond acceptors (Lipinski definition) is 1. The molecule has 0 radical (unpaired) electrons. The summed E-state index contributed by atoms with van der Waals surface area (Å²) in [6.07, 6.45) is 3.61. The third-order valence-electron chi connectivity index (χ3n) is 1.74. The highest BCUT2D eigenvalue weighted by molar-refractivity contribution is 5.65. The van der Waals surface area contributed by atoms with Gasteiger partial charge in [-0.25, -0.2) is 0 Å². The minimum atomic E-state index is 0.451. The van der Waals surface area contributed by atoms with Gasteiger partial charge in [-0.2, -0.15) is 0 Å². The Bertz CT molecular complexity index is 292. The van der Waals surface area contributed by atoms with Gasteiger partial charge in [0.25, 0.3) is 0 Å². The summed E-state index contributed by atoms with van der Waals surface area (Å²) in [6, 6.07) is 3.95. The fourth-order valence-corrected chi connectivity index (χ4v) is 1.16. The topological polar surface area (TPSA) is 12.9 Å². The number of allylic oxidation sites excluding steroid dienone is 1. The van der Waals surface area contributed by atoms with Crippen molar-refractivity contribution in [2.24, 2.45) is 5.92 Å². The zero-order chi connectivity index (χ0) is 8.97. The molecule has 0 saturated heterocycles. The average Bonchev–Trinajstić information content (AvgIpc) is 2.07. The van der Waals surface area contributed by atoms with E-state index in [-0.39, 0.29) is 0 Å². The molecule has 0 amide bonds. The summed E-state index contributed by atoms with van der Waals surface area (Å²) in [6.45, 7) is 7.92. The SMILES string of the molecule is C=C=C(c1cccnc1)C(C)C. The molecule has 0 saturated carbocycles. The maximum absolute atomic E-state index is 4.05. The Kier molecular flexibility index (Phi) is 2.84. The van der Waals surface area contributed by atoms with Crippen LogP contribution in [0.2, 0.25) is 0 Å². The molecule has 0 spiro atoms. The maximum Gasteiger partial charge on any atom is 0.0349 e. The Morgan fingerprint density at radius 2 is 2.33 bits per heavy atom. The predicted octanol–water partition coefficient (Wildman–Crippen LogP) is 2.91. The van der Waals surface area contributed by atoms with Crippen LogP contribution >= 0.6 is 0 Å². The van der Waals surface area contributed by atoms with Gasteiger partial charge >= 0.3 is 0 Å². The van der Waals surface area contributed by atoms with Gasteiger partial charge < -0.3 is 0 Å². The molecule has 0 atom stereocenters. The van der Waals surface area contributed by atoms with Crippen LogP contribution in [0.4, 0.5) is 0 Å². The zero-order valence-electron chi connectivity index (χ0n) is 7.54. The molecule has 0 aliphatic carbocycles. The lowest BCUT2D eigenvalue weighted by Gasteiger charge is -2.07. The quantitative estimate of drug-likeness (QED) is 0.604. The summed E-state index contributed by atoms with van der Waals surface area (Å²) >= 11 is 0. The lowest BCUT2D eigenvalue weighted by atomic mass is 9.98. The van der Waals surface area contributed by atoms with Gasteiger partial charge in [0.15, 0.2) is 0 Å². The van der Waals surface area contributed by atoms with Crippen LogP contribution in [0.15, 0.2) is 36.8 Å². The van der Waals surface area contributed by atoms with Gasteiger partial charge in [-0.1, -0.05) is 26.5 Å². The van der Waals surface area contributed by atoms with Gasteiger partial charge in [0, 0.05) is 23.5 Å². The van der Waals surface area contributed by atoms with Crippen LogP contribution in [0.5, 0.6) is 0 Å². The highest BCUT2D eigenvalue weighted by Gasteiger charge is 2.03. The van der Waals surface area contributed by atoms with E-state index < -0.39 is 0 Å². The summed E-state index contributed by atoms with van der Waals surface area (Å²) in [5.74, 6) is 0.451. The van der Waals surface area contributed by atoms with Gasteiger partial charge in [-0.05, 0) is 12.0 Å². The Morgan fingerprint density at radius 3 is 2.75 bits per heavy atom. The van der Waals surface area contributed by atoms with Crippen LogP contribution in [-0.2, 0) is 0 Å². The minimum absolute atomic E-state index is 0.451. The molecule has 1 heteroatoms. The van der Waals surface area contributed by atoms with E-state index in [0.29, 0.717) is 5.92 Å². The van der Waals surface area contributed by atoms with Crippen molar-refractivity contribution in [3.8, 4) is 0 Å². The lowest BCUT2D eigenvalue weighted by Crippen LogP contribution is -1.92. The first-order valence-corrected chi connectivity index (χ1v) is 4.06. The van der Waals surface area contributed by atoms with Gasteiger partial charge in [0.05, 0.1) is 0 Å². The predicted molar refractivity (Wildman–Crippen MR) is 51.6 cm³/mol. The second kappa shape index (κ2) is 3.89. The van der Waals surface area contributed by atoms with E-state index in [0.717, 1.165) is 11.1 Å². The fourth-order valence-electron chi connectivity index (χ4n) is 1.16. The molecule has 1 rings (SSSR count). The highest BCUT2D eigenvalue weighted by Crippen LogP contribution is 2.19. The van der Waals surface area contributed by atoms with Crippen molar-refractivity contribution in [2.75, 3.05) is 0 Å². The van der Waals surface area contributed by atoms with Gasteiger partial charge in [-0.3, -0.25) is 4.98 Å². The Balaban J connectivity index is 3.06. The summed E-state index contributed by atoms with van der Waals surface area (Å²) in [5, 5.41) is 0. The van der Waals surface area contributed by atoms with Crippen LogP contribution in [0.25, 0.3) is 5.57 Å². The molecule has 0 N–H and O–H groups in total. The summed E-state index contributed by atoms with van der Waals surface area (Å²) < 4.78 is 0. The second-order valence-corrected chi connectivity index (χ2v) is 2.99. The highest BCUT2D eigenvalue weighted by atomic mass is 14.6. The number of hydrogen-bond donors (Lipinski definition) is 0. The number of aromatic nitrogens is 1. The summed E-state index contributed by atoms with van der Waals surface area (Å²) in [7, 11) is 0. The molecule has 0 aromatic carbocycles. The van der Waals surface area contributed by atoms with E-state index in [1.165, 1.54) is 0 Å². The Labute approximate surface area is 73.5 Å². The molecule has 0 aliphatic rings. The molecule has 1 heterocycles. The van der Waals surface area contributed by atoms with E-state index in [1.807, 2.05) is 18.3 Å². The second-order valence-electron chi connectivity index (χ2n) is 2.99. The summed E-state index contributed by atoms with van der Waals surface area (Å²) in [5.41, 5.74) is 5.19. The lowest BCUT2D eigenvalue weighted by molar-refractivity contribution is 0.855. The molecule has 12 heavy (non-hydrogen) atoms. The van der Waals surface area contributed by atoms with E-state index in [9.17, 15) is 0 Å². The normalized spacial score (nSPS) is 9.58. The average molecular weight is 159 g/mol. The van der Waals surface area contributed by atoms with Gasteiger partial charge in [0.1, 0.15) is 0 Å². The first-order valence-electron chi connectivity index (χ1n) is 4.06. The van der Waals surface area contributed by atoms with E-state index in [2.05, 4.69) is 31.1 Å². The third kappa shape index (κ3) is 1.84. The number of nitrogens with zero attached hydrogens (tertiary/aromatic N) is 1. The molecule has 1 aromatic rings. The standard InChI is InChI=1S/C11H13N/c1-4-11(9(2)3)10-6-5-7-12-8-10/h5-9H,1H2,2-3H3. The van der Waals surface area contributed by atoms with Crippen molar-refractivity contribution >= 4 is 5.57 Å². The number of rotatable bonds is 2. The molecule has 1 aromatic heterocycles. The van der Waals surface area contributed by atoms with Gasteiger partial charge in [0.2, 0.25) is 0 Å². The fraction of sp³-hybridized carbons (Fsp3) is 0.273. The molecular weight excluding hydrogens is 146 g/mol. The smallest absolute Gasteiger partial charge is 0.0349 e. The maximum atomic E-state index is 4.05. The van der Waals surface area contributed by atoms with Crippen molar-refractivity contribution in [1.29, 1.82) is 0 Å². The first-order chi connectivity index (χ1) is 5.75. The first kappa shape index (κ1) is 8.76. The third-order valence-corrected chi connectivity index (χ3v) is 1.74. The monoisotopic (exact) mass is 159 g/mol. The van der Waals surface area contributed by atoms with E-state index >= 15 is 0 Å². The van der Waals surface area contributed by atoms with Crippen LogP contribution in [0.3, 0.4) is 0 Å². The molecular formula is C11H13N. The molecule has 62 valence electrons. The Hall–Kier alpha value is -1.33. The number of pyridine rings is 1. The van der Waals surface area contributed by atoms with Gasteiger partial charge in [-0.15, -0.1) is 5.73 Å². The molecule has 0 fully saturated rings. The van der Waals surface area contributed by atoms with Crippen molar-refractivity contribution in [2.45, 2.75) is 13.8 Å². The van der Waals surface area contributed by atoms with Crippen molar-refractivity contribution in [3.05, 3.63) is 42.4 Å². The molecule has 1 nitrogen and oxygen atoms in total.